The Morgan fingerprint density at radius 1 is 1.46 bits per heavy atom. The van der Waals surface area contributed by atoms with Crippen molar-refractivity contribution in [2.75, 3.05) is 13.1 Å². The largest absolute Gasteiger partial charge is 0.355 e. The molecule has 0 aliphatic heterocycles. The van der Waals surface area contributed by atoms with Crippen molar-refractivity contribution in [2.24, 2.45) is 16.8 Å². The van der Waals surface area contributed by atoms with E-state index in [0.717, 1.165) is 19.5 Å². The second-order valence-corrected chi connectivity index (χ2v) is 3.51. The number of guanidine groups is 1. The molecular formula is C9H22N4. The Balaban J connectivity index is 3.67. The highest BCUT2D eigenvalue weighted by atomic mass is 15.3. The van der Waals surface area contributed by atoms with Gasteiger partial charge in [-0.1, -0.05) is 27.2 Å². The van der Waals surface area contributed by atoms with Crippen LogP contribution in [0.15, 0.2) is 4.99 Å². The van der Waals surface area contributed by atoms with Gasteiger partial charge in [0.25, 0.3) is 0 Å². The first-order valence-electron chi connectivity index (χ1n) is 4.95. The van der Waals surface area contributed by atoms with Gasteiger partial charge in [0.1, 0.15) is 0 Å². The number of hydrazine groups is 1. The summed E-state index contributed by atoms with van der Waals surface area (Å²) in [6, 6.07) is 0. The molecule has 4 nitrogen and oxygen atoms in total. The molecule has 0 saturated carbocycles. The Labute approximate surface area is 81.0 Å². The number of unbranched alkanes of at least 4 members (excludes halogenated alkanes) is 1. The maximum Gasteiger partial charge on any atom is 0.205 e. The van der Waals surface area contributed by atoms with Gasteiger partial charge in [0, 0.05) is 13.1 Å². The molecule has 0 atom stereocenters. The van der Waals surface area contributed by atoms with Crippen molar-refractivity contribution in [3.05, 3.63) is 0 Å². The quantitative estimate of drug-likeness (QED) is 0.196. The van der Waals surface area contributed by atoms with Gasteiger partial charge in [-0.2, -0.15) is 0 Å². The lowest BCUT2D eigenvalue weighted by Gasteiger charge is -2.09. The lowest BCUT2D eigenvalue weighted by atomic mass is 10.2. The van der Waals surface area contributed by atoms with Crippen LogP contribution in [0, 0.1) is 5.92 Å². The van der Waals surface area contributed by atoms with E-state index in [2.05, 4.69) is 36.5 Å². The molecule has 0 heterocycles. The predicted octanol–water partition coefficient (Wildman–Crippen LogP) is 0.851. The lowest BCUT2D eigenvalue weighted by Crippen LogP contribution is -2.42. The Morgan fingerprint density at radius 3 is 2.62 bits per heavy atom. The third kappa shape index (κ3) is 7.59. The van der Waals surface area contributed by atoms with E-state index in [4.69, 9.17) is 5.84 Å². The van der Waals surface area contributed by atoms with E-state index in [1.807, 2.05) is 0 Å². The van der Waals surface area contributed by atoms with Gasteiger partial charge in [-0.25, -0.2) is 5.84 Å². The van der Waals surface area contributed by atoms with Crippen LogP contribution in [0.3, 0.4) is 0 Å². The Bertz CT molecular complexity index is 143. The van der Waals surface area contributed by atoms with Crippen molar-refractivity contribution in [1.29, 1.82) is 0 Å². The minimum absolute atomic E-state index is 0.566. The zero-order chi connectivity index (χ0) is 10.1. The minimum Gasteiger partial charge on any atom is -0.355 e. The number of hydrogen-bond acceptors (Lipinski definition) is 2. The summed E-state index contributed by atoms with van der Waals surface area (Å²) in [4.78, 5) is 4.28. The van der Waals surface area contributed by atoms with Gasteiger partial charge in [0.2, 0.25) is 5.96 Å². The molecular weight excluding hydrogens is 164 g/mol. The van der Waals surface area contributed by atoms with E-state index in [1.165, 1.54) is 6.42 Å². The van der Waals surface area contributed by atoms with Crippen molar-refractivity contribution in [1.82, 2.24) is 10.7 Å². The van der Waals surface area contributed by atoms with Crippen LogP contribution in [-0.2, 0) is 0 Å². The molecule has 0 fully saturated rings. The SMILES string of the molecule is CCCCNC(=NCC(C)C)NN. The molecule has 0 aromatic carbocycles. The fourth-order valence-corrected chi connectivity index (χ4v) is 0.810. The van der Waals surface area contributed by atoms with Gasteiger partial charge >= 0.3 is 0 Å². The van der Waals surface area contributed by atoms with E-state index in [1.54, 1.807) is 0 Å². The zero-order valence-electron chi connectivity index (χ0n) is 8.93. The van der Waals surface area contributed by atoms with Crippen molar-refractivity contribution in [3.8, 4) is 0 Å². The summed E-state index contributed by atoms with van der Waals surface area (Å²) in [5.41, 5.74) is 2.56. The van der Waals surface area contributed by atoms with Gasteiger partial charge in [0.15, 0.2) is 0 Å². The average Bonchev–Trinajstić information content (AvgIpc) is 2.10. The smallest absolute Gasteiger partial charge is 0.205 e. The fourth-order valence-electron chi connectivity index (χ4n) is 0.810. The molecule has 0 aromatic rings. The average molecular weight is 186 g/mol. The molecule has 0 bridgehead atoms. The van der Waals surface area contributed by atoms with Crippen LogP contribution in [0.4, 0.5) is 0 Å². The summed E-state index contributed by atoms with van der Waals surface area (Å²) in [7, 11) is 0. The van der Waals surface area contributed by atoms with Crippen LogP contribution in [0.5, 0.6) is 0 Å². The molecule has 0 radical (unpaired) electrons. The number of nitrogens with two attached hydrogens (primary N) is 1. The first-order valence-corrected chi connectivity index (χ1v) is 4.95. The summed E-state index contributed by atoms with van der Waals surface area (Å²) in [6.07, 6.45) is 2.32. The van der Waals surface area contributed by atoms with Crippen LogP contribution in [0.1, 0.15) is 33.6 Å². The fraction of sp³-hybridized carbons (Fsp3) is 0.889. The minimum atomic E-state index is 0.566. The molecule has 0 rings (SSSR count). The summed E-state index contributed by atoms with van der Waals surface area (Å²) >= 11 is 0. The predicted molar refractivity (Wildman–Crippen MR) is 57.4 cm³/mol. The van der Waals surface area contributed by atoms with Crippen LogP contribution >= 0.6 is 0 Å². The molecule has 78 valence electrons. The second-order valence-electron chi connectivity index (χ2n) is 3.51. The molecule has 0 aliphatic rings. The highest BCUT2D eigenvalue weighted by molar-refractivity contribution is 5.79. The summed E-state index contributed by atoms with van der Waals surface area (Å²) in [6.45, 7) is 8.14. The number of hydrogen-bond donors (Lipinski definition) is 3. The number of rotatable bonds is 5. The third-order valence-corrected chi connectivity index (χ3v) is 1.57. The van der Waals surface area contributed by atoms with Gasteiger partial charge in [-0.15, -0.1) is 0 Å². The Morgan fingerprint density at radius 2 is 2.15 bits per heavy atom. The Kier molecular flexibility index (Phi) is 7.39. The number of nitrogens with zero attached hydrogens (tertiary/aromatic N) is 1. The van der Waals surface area contributed by atoms with Crippen LogP contribution in [0.2, 0.25) is 0 Å². The summed E-state index contributed by atoms with van der Waals surface area (Å²) in [5.74, 6) is 6.56. The molecule has 0 aliphatic carbocycles. The van der Waals surface area contributed by atoms with Gasteiger partial charge in [-0.05, 0) is 12.3 Å². The van der Waals surface area contributed by atoms with Crippen LogP contribution in [-0.4, -0.2) is 19.0 Å². The lowest BCUT2D eigenvalue weighted by molar-refractivity contribution is 0.654. The number of aliphatic imine (C=N–C) groups is 1. The molecule has 4 heteroatoms. The molecule has 0 saturated heterocycles. The number of nitrogens with one attached hydrogen (secondary N) is 2. The maximum absolute atomic E-state index is 5.30. The Hall–Kier alpha value is -0.770. The van der Waals surface area contributed by atoms with Crippen molar-refractivity contribution in [3.63, 3.8) is 0 Å². The van der Waals surface area contributed by atoms with Crippen LogP contribution < -0.4 is 16.6 Å². The molecule has 0 unspecified atom stereocenters. The van der Waals surface area contributed by atoms with E-state index in [0.29, 0.717) is 11.9 Å². The van der Waals surface area contributed by atoms with E-state index in [-0.39, 0.29) is 0 Å². The molecule has 0 spiro atoms. The molecule has 13 heavy (non-hydrogen) atoms. The van der Waals surface area contributed by atoms with Gasteiger partial charge in [0.05, 0.1) is 0 Å². The van der Waals surface area contributed by atoms with Crippen molar-refractivity contribution < 1.29 is 0 Å². The van der Waals surface area contributed by atoms with Gasteiger partial charge < -0.3 is 5.32 Å². The zero-order valence-corrected chi connectivity index (χ0v) is 8.93. The molecule has 0 aromatic heterocycles. The van der Waals surface area contributed by atoms with E-state index < -0.39 is 0 Å². The summed E-state index contributed by atoms with van der Waals surface area (Å²) in [5, 5.41) is 3.14. The van der Waals surface area contributed by atoms with E-state index >= 15 is 0 Å². The monoisotopic (exact) mass is 186 g/mol. The maximum atomic E-state index is 5.30. The first-order chi connectivity index (χ1) is 6.20. The van der Waals surface area contributed by atoms with E-state index in [9.17, 15) is 0 Å². The standard InChI is InChI=1S/C9H22N4/c1-4-5-6-11-9(13-10)12-7-8(2)3/h8H,4-7,10H2,1-3H3,(H2,11,12,13). The normalized spacial score (nSPS) is 11.9. The molecule has 4 N–H and O–H groups in total. The van der Waals surface area contributed by atoms with Gasteiger partial charge in [-0.3, -0.25) is 10.4 Å². The topological polar surface area (TPSA) is 62.4 Å². The second kappa shape index (κ2) is 7.86. The van der Waals surface area contributed by atoms with Crippen LogP contribution in [0.25, 0.3) is 0 Å². The highest BCUT2D eigenvalue weighted by Gasteiger charge is 1.95. The van der Waals surface area contributed by atoms with Crippen molar-refractivity contribution in [2.45, 2.75) is 33.6 Å². The molecule has 0 amide bonds. The first kappa shape index (κ1) is 12.2. The highest BCUT2D eigenvalue weighted by Crippen LogP contribution is 1.91. The third-order valence-electron chi connectivity index (χ3n) is 1.57. The summed E-state index contributed by atoms with van der Waals surface area (Å²) < 4.78 is 0. The van der Waals surface area contributed by atoms with Crippen molar-refractivity contribution >= 4 is 5.96 Å².